The van der Waals surface area contributed by atoms with E-state index in [1.807, 2.05) is 0 Å². The molecule has 2 aliphatic rings. The maximum absolute atomic E-state index is 13.0. The van der Waals surface area contributed by atoms with Crippen molar-refractivity contribution in [3.05, 3.63) is 12.1 Å². The normalized spacial score (nSPS) is 33.5. The Morgan fingerprint density at radius 2 is 2.04 bits per heavy atom. The Morgan fingerprint density at radius 3 is 2.71 bits per heavy atom. The average molecular weight is 402 g/mol. The van der Waals surface area contributed by atoms with Crippen molar-refractivity contribution in [2.45, 2.75) is 18.8 Å². The zero-order valence-corrected chi connectivity index (χ0v) is 14.4. The van der Waals surface area contributed by atoms with E-state index < -0.39 is 69.0 Å². The molecule has 0 saturated carbocycles. The molecule has 2 aromatic rings. The van der Waals surface area contributed by atoms with E-state index >= 15 is 0 Å². The van der Waals surface area contributed by atoms with Crippen LogP contribution in [0.5, 0.6) is 11.5 Å². The molecule has 0 aliphatic carbocycles. The van der Waals surface area contributed by atoms with Crippen molar-refractivity contribution in [3.8, 4) is 11.5 Å². The highest BCUT2D eigenvalue weighted by molar-refractivity contribution is 5.91. The number of carbonyl (C=O) groups excluding carboxylic acids is 1. The molecule has 2 saturated heterocycles. The van der Waals surface area contributed by atoms with Crippen LogP contribution in [-0.4, -0.2) is 73.7 Å². The van der Waals surface area contributed by atoms with Crippen LogP contribution in [0.3, 0.4) is 0 Å². The van der Waals surface area contributed by atoms with E-state index in [2.05, 4.69) is 9.97 Å². The van der Waals surface area contributed by atoms with Crippen molar-refractivity contribution in [1.29, 1.82) is 0 Å². The first kappa shape index (κ1) is 8.28. The molecule has 3 heterocycles. The van der Waals surface area contributed by atoms with E-state index in [-0.39, 0.29) is 48.8 Å². The quantitative estimate of drug-likeness (QED) is 0.811. The summed E-state index contributed by atoms with van der Waals surface area (Å²) in [5.41, 5.74) is 5.72. The first-order valence-corrected chi connectivity index (χ1v) is 8.18. The van der Waals surface area contributed by atoms with Gasteiger partial charge in [-0.15, -0.1) is 0 Å². The lowest BCUT2D eigenvalue weighted by molar-refractivity contribution is -0.141. The number of nitrogen functional groups attached to an aromatic ring is 1. The first-order valence-electron chi connectivity index (χ1n) is 15.2. The first-order chi connectivity index (χ1) is 19.0. The predicted octanol–water partition coefficient (Wildman–Crippen LogP) is 1.06. The molecule has 1 amide bonds. The van der Waals surface area contributed by atoms with Crippen molar-refractivity contribution in [2.24, 2.45) is 0 Å². The number of carbonyl (C=O) groups is 1. The molecular weight excluding hydrogens is 362 g/mol. The number of nitrogens with two attached hydrogens (primary N) is 1. The Labute approximate surface area is 183 Å². The molecule has 4 rings (SSSR count). The fraction of sp³-hybridized carbons (Fsp3) is 0.526. The minimum atomic E-state index is -3.15. The zero-order valence-electron chi connectivity index (χ0n) is 28.4. The molecule has 2 fully saturated rings. The van der Waals surface area contributed by atoms with E-state index in [0.29, 0.717) is 0 Å². The standard InChI is InChI=1S/C19H25N5O4/c1-26-15-10-12-13(11-16(15)27-2)21-19(22-17(12)20)24-7-5-23(6-8-24)18(25)14-4-3-9-28-14/h10-11,14H,3-9H2,1-2H3,(H2,20,21,22)/i1D3,2D3,3D2,4D2,9D2,10D,11D. The number of piperazine rings is 1. The van der Waals surface area contributed by atoms with Gasteiger partial charge in [0.05, 0.1) is 33.3 Å². The highest BCUT2D eigenvalue weighted by atomic mass is 16.5. The fourth-order valence-corrected chi connectivity index (χ4v) is 2.92. The Bertz CT molecular complexity index is 1410. The van der Waals surface area contributed by atoms with Crippen molar-refractivity contribution in [2.75, 3.05) is 57.4 Å². The van der Waals surface area contributed by atoms with Crippen LogP contribution in [0.2, 0.25) is 0 Å². The van der Waals surface area contributed by atoms with Crippen LogP contribution in [-0.2, 0) is 9.53 Å². The van der Waals surface area contributed by atoms with Crippen molar-refractivity contribution in [3.63, 3.8) is 0 Å². The molecule has 9 nitrogen and oxygen atoms in total. The third-order valence-electron chi connectivity index (χ3n) is 4.34. The fourth-order valence-electron chi connectivity index (χ4n) is 2.92. The molecule has 1 unspecified atom stereocenters. The molecule has 1 aromatic carbocycles. The summed E-state index contributed by atoms with van der Waals surface area (Å²) in [6.07, 6.45) is -8.10. The van der Waals surface area contributed by atoms with Gasteiger partial charge >= 0.3 is 0 Å². The lowest BCUT2D eigenvalue weighted by Gasteiger charge is -2.35. The summed E-state index contributed by atoms with van der Waals surface area (Å²) in [6.45, 7) is -3.15. The van der Waals surface area contributed by atoms with Gasteiger partial charge in [0.2, 0.25) is 5.95 Å². The Kier molecular flexibility index (Phi) is 2.27. The van der Waals surface area contributed by atoms with Crippen LogP contribution in [0.1, 0.15) is 31.9 Å². The SMILES string of the molecule is [2H]c1c(OC([2H])([2H])[2H])c(OC([2H])([2H])[2H])c([2H])c2c(N)nc(N3CCN(C(=O)C4OC([2H])([2H])C([2H])([2H])C4([2H])[2H])CC3)nc12. The molecule has 0 bridgehead atoms. The minimum absolute atomic E-state index is 0.0200. The summed E-state index contributed by atoms with van der Waals surface area (Å²) in [4.78, 5) is 24.1. The second-order valence-electron chi connectivity index (χ2n) is 5.93. The summed E-state index contributed by atoms with van der Waals surface area (Å²) >= 11 is 0. The van der Waals surface area contributed by atoms with Gasteiger partial charge in [-0.05, 0) is 18.8 Å². The van der Waals surface area contributed by atoms with Gasteiger partial charge in [0, 0.05) is 49.6 Å². The Balaban J connectivity index is 1.64. The summed E-state index contributed by atoms with van der Waals surface area (Å²) in [6, 6.07) is -1.45. The van der Waals surface area contributed by atoms with Gasteiger partial charge in [0.15, 0.2) is 11.5 Å². The van der Waals surface area contributed by atoms with E-state index in [9.17, 15) is 4.79 Å². The molecule has 1 aromatic heterocycles. The number of ether oxygens (including phenoxy) is 3. The molecule has 0 spiro atoms. The number of fused-ring (bicyclic) bond motifs is 1. The molecule has 1 atom stereocenters. The highest BCUT2D eigenvalue weighted by Crippen LogP contribution is 2.34. The molecule has 2 N–H and O–H groups in total. The third-order valence-corrected chi connectivity index (χ3v) is 4.34. The van der Waals surface area contributed by atoms with Gasteiger partial charge in [-0.2, -0.15) is 4.98 Å². The van der Waals surface area contributed by atoms with Crippen molar-refractivity contribution in [1.82, 2.24) is 14.9 Å². The lowest BCUT2D eigenvalue weighted by atomic mass is 10.2. The van der Waals surface area contributed by atoms with Crippen molar-refractivity contribution < 1.29 is 38.2 Å². The van der Waals surface area contributed by atoms with E-state index in [1.54, 1.807) is 0 Å². The van der Waals surface area contributed by atoms with Crippen LogP contribution < -0.4 is 20.1 Å². The van der Waals surface area contributed by atoms with Gasteiger partial charge in [0.25, 0.3) is 5.91 Å². The number of amides is 1. The number of hydrogen-bond acceptors (Lipinski definition) is 8. The highest BCUT2D eigenvalue weighted by Gasteiger charge is 2.31. The van der Waals surface area contributed by atoms with Crippen LogP contribution in [0.25, 0.3) is 10.9 Å². The lowest BCUT2D eigenvalue weighted by Crippen LogP contribution is -2.51. The van der Waals surface area contributed by atoms with E-state index in [4.69, 9.17) is 39.1 Å². The smallest absolute Gasteiger partial charge is 0.251 e. The van der Waals surface area contributed by atoms with Gasteiger partial charge in [-0.1, -0.05) is 0 Å². The van der Waals surface area contributed by atoms with Crippen molar-refractivity contribution >= 4 is 28.6 Å². The van der Waals surface area contributed by atoms with Crippen LogP contribution in [0, 0.1) is 0 Å². The maximum Gasteiger partial charge on any atom is 0.251 e. The second kappa shape index (κ2) is 7.67. The summed E-state index contributed by atoms with van der Waals surface area (Å²) in [5, 5.41) is -0.293. The van der Waals surface area contributed by atoms with E-state index in [0.717, 1.165) is 0 Å². The molecule has 2 aliphatic heterocycles. The summed E-state index contributed by atoms with van der Waals surface area (Å²) in [7, 11) is -6.28. The number of methoxy groups -OCH3 is 2. The van der Waals surface area contributed by atoms with Gasteiger partial charge in [-0.3, -0.25) is 4.79 Å². The van der Waals surface area contributed by atoms with Gasteiger partial charge in [-0.25, -0.2) is 4.98 Å². The number of aromatic nitrogens is 2. The number of anilines is 2. The summed E-state index contributed by atoms with van der Waals surface area (Å²) < 4.78 is 123. The summed E-state index contributed by atoms with van der Waals surface area (Å²) in [5.74, 6) is -3.14. The van der Waals surface area contributed by atoms with Gasteiger partial charge < -0.3 is 29.7 Å². The molecule has 9 heteroatoms. The number of rotatable bonds is 4. The zero-order chi connectivity index (χ0) is 31.8. The topological polar surface area (TPSA) is 103 Å². The maximum atomic E-state index is 13.0. The Morgan fingerprint density at radius 1 is 1.29 bits per heavy atom. The van der Waals surface area contributed by atoms with E-state index in [1.165, 1.54) is 9.80 Å². The Hall–Kier alpha value is -2.81. The molecule has 0 radical (unpaired) electrons. The predicted molar refractivity (Wildman–Crippen MR) is 105 cm³/mol. The molecular formula is C19H25N5O4. The van der Waals surface area contributed by atoms with Crippen LogP contribution in [0.4, 0.5) is 11.8 Å². The minimum Gasteiger partial charge on any atom is -0.493 e. The largest absolute Gasteiger partial charge is 0.493 e. The van der Waals surface area contributed by atoms with Gasteiger partial charge in [0.1, 0.15) is 11.9 Å². The second-order valence-corrected chi connectivity index (χ2v) is 5.93. The third kappa shape index (κ3) is 3.37. The van der Waals surface area contributed by atoms with Crippen LogP contribution >= 0.6 is 0 Å². The number of hydrogen-bond donors (Lipinski definition) is 1. The molecule has 28 heavy (non-hydrogen) atoms. The number of benzene rings is 1. The monoisotopic (exact) mass is 401 g/mol. The number of nitrogens with zero attached hydrogens (tertiary/aromatic N) is 4. The molecule has 150 valence electrons. The van der Waals surface area contributed by atoms with Crippen LogP contribution in [0.15, 0.2) is 12.1 Å². The average Bonchev–Trinajstić information content (AvgIpc) is 2.98.